The number of fused-ring (bicyclic) bond motifs is 10. The fourth-order valence-electron chi connectivity index (χ4n) is 6.93. The molecule has 0 aliphatic carbocycles. The van der Waals surface area contributed by atoms with Crippen LogP contribution in [0.2, 0.25) is 0 Å². The van der Waals surface area contributed by atoms with Gasteiger partial charge < -0.3 is 13.4 Å². The van der Waals surface area contributed by atoms with Crippen LogP contribution in [0.4, 0.5) is 0 Å². The second-order valence-corrected chi connectivity index (χ2v) is 11.1. The first-order chi connectivity index (χ1) is 21.3. The molecule has 4 heteroatoms. The van der Waals surface area contributed by atoms with Crippen molar-refractivity contribution < 1.29 is 8.83 Å². The van der Waals surface area contributed by atoms with Crippen LogP contribution in [0.15, 0.2) is 130 Å². The molecule has 202 valence electrons. The van der Waals surface area contributed by atoms with E-state index in [0.29, 0.717) is 18.5 Å². The van der Waals surface area contributed by atoms with Crippen molar-refractivity contribution in [1.29, 1.82) is 5.26 Å². The van der Waals surface area contributed by atoms with Gasteiger partial charge in [0, 0.05) is 39.0 Å². The van der Waals surface area contributed by atoms with Crippen LogP contribution in [0.3, 0.4) is 0 Å². The van der Waals surface area contributed by atoms with Crippen LogP contribution in [0.5, 0.6) is 0 Å². The Morgan fingerprint density at radius 1 is 0.581 bits per heavy atom. The van der Waals surface area contributed by atoms with Gasteiger partial charge in [-0.05, 0) is 71.6 Å². The third-order valence-corrected chi connectivity index (χ3v) is 8.84. The van der Waals surface area contributed by atoms with E-state index in [4.69, 9.17) is 8.83 Å². The standard InChI is InChI=1S/C39H24N2O2/c40-23-25-8-7-12-26(24-16-18-36-32(22-24)29-10-2-5-14-34(29)42-36)27(25)20-21-41-33-13-4-1-9-28(33)30-17-19-37-38(39(30)41)31-11-3-6-15-35(31)43-37/h1-19,22H,20-21H2. The van der Waals surface area contributed by atoms with Crippen LogP contribution >= 0.6 is 0 Å². The van der Waals surface area contributed by atoms with Gasteiger partial charge in [-0.15, -0.1) is 0 Å². The number of rotatable bonds is 4. The van der Waals surface area contributed by atoms with Gasteiger partial charge >= 0.3 is 0 Å². The van der Waals surface area contributed by atoms with Crippen LogP contribution in [-0.2, 0) is 13.0 Å². The molecule has 0 radical (unpaired) electrons. The molecule has 0 amide bonds. The molecule has 0 fully saturated rings. The summed E-state index contributed by atoms with van der Waals surface area (Å²) in [4.78, 5) is 0. The topological polar surface area (TPSA) is 55.0 Å². The molecule has 0 spiro atoms. The Kier molecular flexibility index (Phi) is 5.06. The molecular formula is C39H24N2O2. The van der Waals surface area contributed by atoms with Crippen LogP contribution < -0.4 is 0 Å². The van der Waals surface area contributed by atoms with Crippen molar-refractivity contribution in [2.45, 2.75) is 13.0 Å². The summed E-state index contributed by atoms with van der Waals surface area (Å²) >= 11 is 0. The maximum absolute atomic E-state index is 10.2. The van der Waals surface area contributed by atoms with Crippen LogP contribution in [-0.4, -0.2) is 4.57 Å². The lowest BCUT2D eigenvalue weighted by Gasteiger charge is -2.14. The second kappa shape index (κ2) is 9.11. The number of nitrogens with zero attached hydrogens (tertiary/aromatic N) is 2. The van der Waals surface area contributed by atoms with Gasteiger partial charge in [0.05, 0.1) is 22.5 Å². The summed E-state index contributed by atoms with van der Waals surface area (Å²) in [5.74, 6) is 0. The predicted octanol–water partition coefficient (Wildman–Crippen LogP) is 10.4. The number of aromatic nitrogens is 1. The Morgan fingerprint density at radius 3 is 2.14 bits per heavy atom. The van der Waals surface area contributed by atoms with E-state index >= 15 is 0 Å². The van der Waals surface area contributed by atoms with Crippen molar-refractivity contribution in [3.8, 4) is 17.2 Å². The number of furan rings is 2. The van der Waals surface area contributed by atoms with Crippen LogP contribution in [0.25, 0.3) is 76.8 Å². The average molecular weight is 553 g/mol. The average Bonchev–Trinajstić information content (AvgIpc) is 3.72. The Bertz CT molecular complexity index is 2590. The third kappa shape index (κ3) is 3.49. The molecule has 9 aromatic rings. The molecule has 3 aromatic heterocycles. The zero-order chi connectivity index (χ0) is 28.5. The van der Waals surface area contributed by atoms with E-state index in [9.17, 15) is 5.26 Å². The Hall–Kier alpha value is -5.79. The Labute approximate surface area is 246 Å². The predicted molar refractivity (Wildman–Crippen MR) is 174 cm³/mol. The van der Waals surface area contributed by atoms with Crippen molar-refractivity contribution in [2.24, 2.45) is 0 Å². The van der Waals surface area contributed by atoms with E-state index < -0.39 is 0 Å². The van der Waals surface area contributed by atoms with Gasteiger partial charge in [0.1, 0.15) is 22.3 Å². The lowest BCUT2D eigenvalue weighted by molar-refractivity contribution is 0.668. The van der Waals surface area contributed by atoms with Crippen molar-refractivity contribution >= 4 is 65.7 Å². The van der Waals surface area contributed by atoms with Crippen molar-refractivity contribution in [1.82, 2.24) is 4.57 Å². The molecule has 9 rings (SSSR count). The summed E-state index contributed by atoms with van der Waals surface area (Å²) in [6.45, 7) is 0.714. The van der Waals surface area contributed by atoms with Gasteiger partial charge in [0.25, 0.3) is 0 Å². The van der Waals surface area contributed by atoms with Crippen molar-refractivity contribution in [2.75, 3.05) is 0 Å². The Morgan fingerprint density at radius 2 is 1.28 bits per heavy atom. The van der Waals surface area contributed by atoms with E-state index in [0.717, 1.165) is 60.6 Å². The minimum Gasteiger partial charge on any atom is -0.456 e. The third-order valence-electron chi connectivity index (χ3n) is 8.84. The first-order valence-corrected chi connectivity index (χ1v) is 14.5. The summed E-state index contributed by atoms with van der Waals surface area (Å²) in [7, 11) is 0. The monoisotopic (exact) mass is 552 g/mol. The number of para-hydroxylation sites is 3. The molecule has 0 aliphatic heterocycles. The zero-order valence-electron chi connectivity index (χ0n) is 23.2. The van der Waals surface area contributed by atoms with E-state index in [1.165, 1.54) is 21.8 Å². The smallest absolute Gasteiger partial charge is 0.137 e. The van der Waals surface area contributed by atoms with Gasteiger partial charge in [-0.25, -0.2) is 0 Å². The summed E-state index contributed by atoms with van der Waals surface area (Å²) in [6, 6.07) is 44.1. The quantitative estimate of drug-likeness (QED) is 0.218. The number of aryl methyl sites for hydroxylation is 1. The van der Waals surface area contributed by atoms with Gasteiger partial charge in [0.15, 0.2) is 0 Å². The molecule has 0 saturated carbocycles. The maximum atomic E-state index is 10.2. The van der Waals surface area contributed by atoms with Crippen molar-refractivity contribution in [3.05, 3.63) is 132 Å². The SMILES string of the molecule is N#Cc1cccc(-c2ccc3oc4ccccc4c3c2)c1CCn1c2ccccc2c2ccc3oc4ccccc4c3c21. The van der Waals surface area contributed by atoms with Gasteiger partial charge in [-0.1, -0.05) is 72.8 Å². The summed E-state index contributed by atoms with van der Waals surface area (Å²) in [5.41, 5.74) is 9.78. The maximum Gasteiger partial charge on any atom is 0.137 e. The molecule has 3 heterocycles. The largest absolute Gasteiger partial charge is 0.456 e. The normalized spacial score (nSPS) is 11.9. The first kappa shape index (κ1) is 23.9. The fraction of sp³-hybridized carbons (Fsp3) is 0.0513. The molecule has 0 bridgehead atoms. The highest BCUT2D eigenvalue weighted by atomic mass is 16.3. The first-order valence-electron chi connectivity index (χ1n) is 14.5. The van der Waals surface area contributed by atoms with Crippen LogP contribution in [0.1, 0.15) is 11.1 Å². The van der Waals surface area contributed by atoms with E-state index in [-0.39, 0.29) is 0 Å². The summed E-state index contributed by atoms with van der Waals surface area (Å²) in [5, 5.41) is 17.1. The minimum atomic E-state index is 0.698. The van der Waals surface area contributed by atoms with Crippen molar-refractivity contribution in [3.63, 3.8) is 0 Å². The van der Waals surface area contributed by atoms with Gasteiger partial charge in [-0.2, -0.15) is 5.26 Å². The fourth-order valence-corrected chi connectivity index (χ4v) is 6.93. The zero-order valence-corrected chi connectivity index (χ0v) is 23.2. The molecular weight excluding hydrogens is 528 g/mol. The molecule has 0 saturated heterocycles. The highest BCUT2D eigenvalue weighted by molar-refractivity contribution is 6.23. The lowest BCUT2D eigenvalue weighted by Crippen LogP contribution is -2.04. The van der Waals surface area contributed by atoms with E-state index in [1.54, 1.807) is 0 Å². The molecule has 0 atom stereocenters. The molecule has 0 aliphatic rings. The lowest BCUT2D eigenvalue weighted by atomic mass is 9.93. The minimum absolute atomic E-state index is 0.698. The molecule has 6 aromatic carbocycles. The molecule has 0 unspecified atom stereocenters. The second-order valence-electron chi connectivity index (χ2n) is 11.1. The van der Waals surface area contributed by atoms with Gasteiger partial charge in [-0.3, -0.25) is 0 Å². The number of nitriles is 1. The summed E-state index contributed by atoms with van der Waals surface area (Å²) in [6.07, 6.45) is 0.698. The van der Waals surface area contributed by atoms with Crippen LogP contribution in [0, 0.1) is 11.3 Å². The summed E-state index contributed by atoms with van der Waals surface area (Å²) < 4.78 is 14.8. The number of benzene rings is 6. The highest BCUT2D eigenvalue weighted by Crippen LogP contribution is 2.40. The number of hydrogen-bond acceptors (Lipinski definition) is 3. The number of hydrogen-bond donors (Lipinski definition) is 0. The van der Waals surface area contributed by atoms with E-state index in [1.807, 2.05) is 48.5 Å². The van der Waals surface area contributed by atoms with E-state index in [2.05, 4.69) is 83.4 Å². The molecule has 4 nitrogen and oxygen atoms in total. The highest BCUT2D eigenvalue weighted by Gasteiger charge is 2.19. The van der Waals surface area contributed by atoms with Gasteiger partial charge in [0.2, 0.25) is 0 Å². The molecule has 43 heavy (non-hydrogen) atoms. The Balaban J connectivity index is 1.23. The molecule has 0 N–H and O–H groups in total.